The third-order valence-corrected chi connectivity index (χ3v) is 4.82. The van der Waals surface area contributed by atoms with Gasteiger partial charge >= 0.3 is 6.43 Å². The summed E-state index contributed by atoms with van der Waals surface area (Å²) < 4.78 is 43.5. The van der Waals surface area contributed by atoms with Crippen LogP contribution in [0.2, 0.25) is 0 Å². The van der Waals surface area contributed by atoms with Crippen molar-refractivity contribution in [2.75, 3.05) is 0 Å². The van der Waals surface area contributed by atoms with Gasteiger partial charge in [0.15, 0.2) is 0 Å². The summed E-state index contributed by atoms with van der Waals surface area (Å²) in [7, 11) is 0. The molecule has 4 rings (SSSR count). The lowest BCUT2D eigenvalue weighted by atomic mass is 9.62. The molecule has 26 heavy (non-hydrogen) atoms. The summed E-state index contributed by atoms with van der Waals surface area (Å²) in [6.07, 6.45) is 3.69. The Balaban J connectivity index is 1.55. The maximum absolute atomic E-state index is 13.6. The van der Waals surface area contributed by atoms with E-state index in [0.29, 0.717) is 17.8 Å². The minimum absolute atomic E-state index is 0.0460. The normalized spacial score (nSPS) is 15.8. The number of halogens is 3. The molecular weight excluding hydrogens is 345 g/mol. The summed E-state index contributed by atoms with van der Waals surface area (Å²) in [5.74, 6) is -0.429. The standard InChI is InChI=1S/C18H15F3N4O/c19-13-4-1-3-12(7-13)18(5-2-6-18)8-14-22-9-11(10-23-14)16-24-25-17(26-16)15(20)21/h1,3-4,7,9-10,15H,2,5-6,8H2. The molecule has 1 fully saturated rings. The molecule has 8 heteroatoms. The highest BCUT2D eigenvalue weighted by Gasteiger charge is 2.39. The van der Waals surface area contributed by atoms with Crippen LogP contribution in [0.1, 0.15) is 43.0 Å². The van der Waals surface area contributed by atoms with Gasteiger partial charge in [-0.3, -0.25) is 0 Å². The molecular formula is C18H15F3N4O. The topological polar surface area (TPSA) is 64.7 Å². The van der Waals surface area contributed by atoms with E-state index in [9.17, 15) is 13.2 Å². The van der Waals surface area contributed by atoms with Crippen LogP contribution in [-0.4, -0.2) is 20.2 Å². The van der Waals surface area contributed by atoms with Gasteiger partial charge in [0.25, 0.3) is 11.8 Å². The third-order valence-electron chi connectivity index (χ3n) is 4.82. The van der Waals surface area contributed by atoms with Gasteiger partial charge in [-0.05, 0) is 30.5 Å². The van der Waals surface area contributed by atoms with Crippen molar-refractivity contribution in [2.45, 2.75) is 37.5 Å². The minimum Gasteiger partial charge on any atom is -0.415 e. The molecule has 0 bridgehead atoms. The van der Waals surface area contributed by atoms with E-state index >= 15 is 0 Å². The summed E-state index contributed by atoms with van der Waals surface area (Å²) in [4.78, 5) is 8.61. The Labute approximate surface area is 147 Å². The molecule has 1 aliphatic rings. The molecule has 2 heterocycles. The smallest absolute Gasteiger partial charge is 0.314 e. The predicted molar refractivity (Wildman–Crippen MR) is 85.9 cm³/mol. The van der Waals surface area contributed by atoms with Crippen molar-refractivity contribution in [1.82, 2.24) is 20.2 Å². The summed E-state index contributed by atoms with van der Waals surface area (Å²) >= 11 is 0. The van der Waals surface area contributed by atoms with Crippen LogP contribution >= 0.6 is 0 Å². The van der Waals surface area contributed by atoms with Crippen molar-refractivity contribution in [2.24, 2.45) is 0 Å². The first-order valence-electron chi connectivity index (χ1n) is 8.25. The molecule has 0 amide bonds. The quantitative estimate of drug-likeness (QED) is 0.680. The molecule has 5 nitrogen and oxygen atoms in total. The van der Waals surface area contributed by atoms with Gasteiger partial charge in [0.05, 0.1) is 5.56 Å². The summed E-state index contributed by atoms with van der Waals surface area (Å²) in [5, 5.41) is 6.86. The molecule has 1 saturated carbocycles. The number of alkyl halides is 2. The molecule has 0 radical (unpaired) electrons. The van der Waals surface area contributed by atoms with Crippen LogP contribution in [-0.2, 0) is 11.8 Å². The van der Waals surface area contributed by atoms with Crippen LogP contribution in [0.15, 0.2) is 41.1 Å². The number of benzene rings is 1. The van der Waals surface area contributed by atoms with Crippen molar-refractivity contribution < 1.29 is 17.6 Å². The molecule has 0 N–H and O–H groups in total. The van der Waals surface area contributed by atoms with E-state index in [1.807, 2.05) is 6.07 Å². The van der Waals surface area contributed by atoms with Gasteiger partial charge in [-0.15, -0.1) is 10.2 Å². The van der Waals surface area contributed by atoms with Crippen molar-refractivity contribution in [1.29, 1.82) is 0 Å². The Hall–Kier alpha value is -2.77. The van der Waals surface area contributed by atoms with Crippen LogP contribution in [0.3, 0.4) is 0 Å². The lowest BCUT2D eigenvalue weighted by molar-refractivity contribution is 0.116. The SMILES string of the molecule is Fc1cccc(C2(Cc3ncc(-c4nnc(C(F)F)o4)cn3)CCC2)c1. The van der Waals surface area contributed by atoms with E-state index in [2.05, 4.69) is 20.2 Å². The first-order valence-corrected chi connectivity index (χ1v) is 8.25. The van der Waals surface area contributed by atoms with E-state index in [4.69, 9.17) is 4.42 Å². The maximum Gasteiger partial charge on any atom is 0.314 e. The first kappa shape index (κ1) is 16.7. The average Bonchev–Trinajstić information content (AvgIpc) is 3.09. The van der Waals surface area contributed by atoms with Gasteiger partial charge in [-0.25, -0.2) is 14.4 Å². The highest BCUT2D eigenvalue weighted by molar-refractivity contribution is 5.48. The Kier molecular flexibility index (Phi) is 4.18. The monoisotopic (exact) mass is 360 g/mol. The van der Waals surface area contributed by atoms with E-state index in [-0.39, 0.29) is 17.1 Å². The molecule has 3 aromatic rings. The Bertz CT molecular complexity index is 907. The number of aromatic nitrogens is 4. The van der Waals surface area contributed by atoms with Crippen molar-refractivity contribution in [3.63, 3.8) is 0 Å². The lowest BCUT2D eigenvalue weighted by Gasteiger charge is -2.42. The maximum atomic E-state index is 13.6. The number of hydrogen-bond acceptors (Lipinski definition) is 5. The fourth-order valence-electron chi connectivity index (χ4n) is 3.29. The second kappa shape index (κ2) is 6.51. The molecule has 134 valence electrons. The molecule has 0 aliphatic heterocycles. The van der Waals surface area contributed by atoms with E-state index < -0.39 is 12.3 Å². The van der Waals surface area contributed by atoms with Crippen LogP contribution in [0.4, 0.5) is 13.2 Å². The first-order chi connectivity index (χ1) is 12.6. The summed E-state index contributed by atoms with van der Waals surface area (Å²) in [6.45, 7) is 0. The minimum atomic E-state index is -2.82. The van der Waals surface area contributed by atoms with Crippen LogP contribution in [0.25, 0.3) is 11.5 Å². The zero-order valence-electron chi connectivity index (χ0n) is 13.7. The summed E-state index contributed by atoms with van der Waals surface area (Å²) in [5.41, 5.74) is 1.17. The van der Waals surface area contributed by atoms with Crippen LogP contribution in [0, 0.1) is 5.82 Å². The van der Waals surface area contributed by atoms with Crippen LogP contribution in [0.5, 0.6) is 0 Å². The Morgan fingerprint density at radius 1 is 1.12 bits per heavy atom. The Morgan fingerprint density at radius 2 is 1.88 bits per heavy atom. The largest absolute Gasteiger partial charge is 0.415 e. The second-order valence-electron chi connectivity index (χ2n) is 6.46. The molecule has 0 spiro atoms. The van der Waals surface area contributed by atoms with Gasteiger partial charge in [0.2, 0.25) is 0 Å². The molecule has 0 unspecified atom stereocenters. The average molecular weight is 360 g/mol. The molecule has 1 aromatic carbocycles. The predicted octanol–water partition coefficient (Wildman–Crippen LogP) is 4.27. The zero-order valence-corrected chi connectivity index (χ0v) is 13.7. The van der Waals surface area contributed by atoms with Crippen molar-refractivity contribution in [3.8, 4) is 11.5 Å². The summed E-state index contributed by atoms with van der Waals surface area (Å²) in [6, 6.07) is 6.64. The third kappa shape index (κ3) is 3.07. The van der Waals surface area contributed by atoms with Crippen molar-refractivity contribution >= 4 is 0 Å². The van der Waals surface area contributed by atoms with Gasteiger partial charge < -0.3 is 4.42 Å². The van der Waals surface area contributed by atoms with Crippen molar-refractivity contribution in [3.05, 3.63) is 59.8 Å². The highest BCUT2D eigenvalue weighted by atomic mass is 19.3. The lowest BCUT2D eigenvalue weighted by Crippen LogP contribution is -2.37. The molecule has 1 aliphatic carbocycles. The van der Waals surface area contributed by atoms with Gasteiger partial charge in [-0.1, -0.05) is 18.6 Å². The molecule has 2 aromatic heterocycles. The highest BCUT2D eigenvalue weighted by Crippen LogP contribution is 2.45. The van der Waals surface area contributed by atoms with Crippen LogP contribution < -0.4 is 0 Å². The number of rotatable bonds is 5. The number of hydrogen-bond donors (Lipinski definition) is 0. The Morgan fingerprint density at radius 3 is 2.46 bits per heavy atom. The van der Waals surface area contributed by atoms with Gasteiger partial charge in [0, 0.05) is 24.2 Å². The van der Waals surface area contributed by atoms with E-state index in [1.165, 1.54) is 18.5 Å². The van der Waals surface area contributed by atoms with Gasteiger partial charge in [0.1, 0.15) is 11.6 Å². The molecule has 0 saturated heterocycles. The fourth-order valence-corrected chi connectivity index (χ4v) is 3.29. The second-order valence-corrected chi connectivity index (χ2v) is 6.46. The van der Waals surface area contributed by atoms with E-state index in [0.717, 1.165) is 24.8 Å². The molecule has 0 atom stereocenters. The zero-order chi connectivity index (χ0) is 18.1. The number of nitrogens with zero attached hydrogens (tertiary/aromatic N) is 4. The van der Waals surface area contributed by atoms with E-state index in [1.54, 1.807) is 12.1 Å². The fraction of sp³-hybridized carbons (Fsp3) is 0.333. The van der Waals surface area contributed by atoms with Gasteiger partial charge in [-0.2, -0.15) is 8.78 Å².